The zero-order valence-corrected chi connectivity index (χ0v) is 16.4. The molecular formula is C18H29N3O3S. The zero-order valence-electron chi connectivity index (χ0n) is 15.6. The number of rotatable bonds is 7. The Morgan fingerprint density at radius 2 is 1.80 bits per heavy atom. The topological polar surface area (TPSA) is 69.7 Å². The number of amides is 1. The summed E-state index contributed by atoms with van der Waals surface area (Å²) < 4.78 is 27.0. The van der Waals surface area contributed by atoms with E-state index in [1.165, 1.54) is 4.31 Å². The third-order valence-electron chi connectivity index (χ3n) is 4.54. The molecule has 1 aliphatic heterocycles. The molecule has 2 rings (SSSR count). The van der Waals surface area contributed by atoms with Gasteiger partial charge in [0.25, 0.3) is 0 Å². The summed E-state index contributed by atoms with van der Waals surface area (Å²) in [5.74, 6) is -0.285. The van der Waals surface area contributed by atoms with Crippen molar-refractivity contribution in [3.8, 4) is 0 Å². The largest absolute Gasteiger partial charge is 0.370 e. The average molecular weight is 368 g/mol. The van der Waals surface area contributed by atoms with Crippen LogP contribution in [0.1, 0.15) is 40.5 Å². The molecule has 7 heteroatoms. The number of sulfonamides is 1. The van der Waals surface area contributed by atoms with E-state index in [1.807, 2.05) is 33.8 Å². The van der Waals surface area contributed by atoms with E-state index < -0.39 is 10.0 Å². The molecule has 0 aliphatic carbocycles. The van der Waals surface area contributed by atoms with E-state index >= 15 is 0 Å². The molecule has 1 aromatic carbocycles. The summed E-state index contributed by atoms with van der Waals surface area (Å²) in [4.78, 5) is 14.6. The highest BCUT2D eigenvalue weighted by atomic mass is 32.2. The Hall–Kier alpha value is -1.60. The van der Waals surface area contributed by atoms with Crippen LogP contribution in [-0.4, -0.2) is 44.8 Å². The van der Waals surface area contributed by atoms with E-state index in [-0.39, 0.29) is 16.7 Å². The summed E-state index contributed by atoms with van der Waals surface area (Å²) in [6, 6.07) is 5.06. The zero-order chi connectivity index (χ0) is 18.6. The highest BCUT2D eigenvalue weighted by Gasteiger charge is 2.25. The fourth-order valence-electron chi connectivity index (χ4n) is 3.00. The van der Waals surface area contributed by atoms with Crippen LogP contribution in [0.15, 0.2) is 23.1 Å². The maximum atomic E-state index is 12.8. The molecular weight excluding hydrogens is 338 g/mol. The molecule has 1 aromatic rings. The Balaban J connectivity index is 2.46. The highest BCUT2D eigenvalue weighted by Crippen LogP contribution is 2.32. The van der Waals surface area contributed by atoms with Crippen LogP contribution in [0.4, 0.5) is 11.4 Å². The van der Waals surface area contributed by atoms with Crippen molar-refractivity contribution in [3.05, 3.63) is 18.2 Å². The summed E-state index contributed by atoms with van der Waals surface area (Å²) in [5.41, 5.74) is 1.47. The van der Waals surface area contributed by atoms with E-state index in [4.69, 9.17) is 0 Å². The molecule has 0 radical (unpaired) electrons. The van der Waals surface area contributed by atoms with Gasteiger partial charge in [0.1, 0.15) is 0 Å². The molecule has 25 heavy (non-hydrogen) atoms. The second kappa shape index (κ2) is 8.19. The van der Waals surface area contributed by atoms with Gasteiger partial charge in [0.15, 0.2) is 0 Å². The predicted molar refractivity (Wildman–Crippen MR) is 101 cm³/mol. The minimum atomic E-state index is -3.56. The van der Waals surface area contributed by atoms with Crippen LogP contribution in [0.3, 0.4) is 0 Å². The van der Waals surface area contributed by atoms with Gasteiger partial charge in [0.05, 0.1) is 16.3 Å². The van der Waals surface area contributed by atoms with Crippen molar-refractivity contribution in [2.75, 3.05) is 36.4 Å². The highest BCUT2D eigenvalue weighted by molar-refractivity contribution is 7.89. The third-order valence-corrected chi connectivity index (χ3v) is 6.59. The van der Waals surface area contributed by atoms with Crippen molar-refractivity contribution in [2.45, 2.75) is 45.4 Å². The quantitative estimate of drug-likeness (QED) is 0.804. The van der Waals surface area contributed by atoms with Gasteiger partial charge in [-0.15, -0.1) is 0 Å². The molecule has 0 aromatic heterocycles. The average Bonchev–Trinajstić information content (AvgIpc) is 3.09. The first kappa shape index (κ1) is 19.7. The smallest absolute Gasteiger partial charge is 0.243 e. The van der Waals surface area contributed by atoms with Crippen molar-refractivity contribution < 1.29 is 13.2 Å². The first-order valence-electron chi connectivity index (χ1n) is 9.01. The predicted octanol–water partition coefficient (Wildman–Crippen LogP) is 2.91. The van der Waals surface area contributed by atoms with Gasteiger partial charge in [-0.2, -0.15) is 4.31 Å². The van der Waals surface area contributed by atoms with E-state index in [0.29, 0.717) is 18.8 Å². The molecule has 0 spiro atoms. The first-order valence-corrected chi connectivity index (χ1v) is 10.4. The summed E-state index contributed by atoms with van der Waals surface area (Å²) in [6.07, 6.45) is 2.22. The van der Waals surface area contributed by atoms with E-state index in [2.05, 4.69) is 10.2 Å². The van der Waals surface area contributed by atoms with Crippen LogP contribution in [-0.2, 0) is 14.8 Å². The lowest BCUT2D eigenvalue weighted by atomic mass is 10.2. The van der Waals surface area contributed by atoms with Gasteiger partial charge in [0.2, 0.25) is 15.9 Å². The number of carbonyl (C=O) groups excluding carboxylic acids is 1. The van der Waals surface area contributed by atoms with Crippen LogP contribution >= 0.6 is 0 Å². The van der Waals surface area contributed by atoms with Crippen molar-refractivity contribution in [2.24, 2.45) is 5.92 Å². The van der Waals surface area contributed by atoms with E-state index in [0.717, 1.165) is 31.6 Å². The van der Waals surface area contributed by atoms with Gasteiger partial charge in [-0.05, 0) is 31.0 Å². The van der Waals surface area contributed by atoms with Crippen LogP contribution in [0.25, 0.3) is 0 Å². The molecule has 1 fully saturated rings. The molecule has 0 saturated carbocycles. The van der Waals surface area contributed by atoms with Crippen LogP contribution in [0.5, 0.6) is 0 Å². The van der Waals surface area contributed by atoms with Crippen molar-refractivity contribution in [1.29, 1.82) is 0 Å². The molecule has 140 valence electrons. The molecule has 1 amide bonds. The fraction of sp³-hybridized carbons (Fsp3) is 0.611. The SMILES string of the molecule is CCN(CC)S(=O)(=O)c1ccc(N2CCCC2)c(NC(=O)C(C)C)c1. The maximum Gasteiger partial charge on any atom is 0.243 e. The lowest BCUT2D eigenvalue weighted by Gasteiger charge is -2.24. The van der Waals surface area contributed by atoms with Gasteiger partial charge in [-0.1, -0.05) is 27.7 Å². The lowest BCUT2D eigenvalue weighted by Crippen LogP contribution is -2.31. The molecule has 1 heterocycles. The maximum absolute atomic E-state index is 12.8. The van der Waals surface area contributed by atoms with Crippen molar-refractivity contribution in [3.63, 3.8) is 0 Å². The van der Waals surface area contributed by atoms with Gasteiger partial charge in [-0.25, -0.2) is 8.42 Å². The van der Waals surface area contributed by atoms with Crippen molar-refractivity contribution in [1.82, 2.24) is 4.31 Å². The fourth-order valence-corrected chi connectivity index (χ4v) is 4.48. The number of hydrogen-bond donors (Lipinski definition) is 1. The Bertz CT molecular complexity index is 706. The van der Waals surface area contributed by atoms with E-state index in [1.54, 1.807) is 12.1 Å². The number of anilines is 2. The van der Waals surface area contributed by atoms with Gasteiger partial charge >= 0.3 is 0 Å². The number of nitrogens with one attached hydrogen (secondary N) is 1. The van der Waals surface area contributed by atoms with Gasteiger partial charge in [-0.3, -0.25) is 4.79 Å². The Morgan fingerprint density at radius 3 is 2.32 bits per heavy atom. The summed E-state index contributed by atoms with van der Waals surface area (Å²) >= 11 is 0. The van der Waals surface area contributed by atoms with Crippen LogP contribution in [0, 0.1) is 5.92 Å². The normalized spacial score (nSPS) is 15.2. The molecule has 0 unspecified atom stereocenters. The summed E-state index contributed by atoms with van der Waals surface area (Å²) in [6.45, 7) is 9.96. The van der Waals surface area contributed by atoms with Gasteiger partial charge in [0, 0.05) is 32.1 Å². The lowest BCUT2D eigenvalue weighted by molar-refractivity contribution is -0.118. The molecule has 0 bridgehead atoms. The molecule has 1 N–H and O–H groups in total. The first-order chi connectivity index (χ1) is 11.8. The second-order valence-corrected chi connectivity index (χ2v) is 8.54. The molecule has 0 atom stereocenters. The Morgan fingerprint density at radius 1 is 1.20 bits per heavy atom. The molecule has 6 nitrogen and oxygen atoms in total. The van der Waals surface area contributed by atoms with Crippen LogP contribution < -0.4 is 10.2 Å². The van der Waals surface area contributed by atoms with Gasteiger partial charge < -0.3 is 10.2 Å². The number of carbonyl (C=O) groups is 1. The van der Waals surface area contributed by atoms with Crippen molar-refractivity contribution >= 4 is 27.3 Å². The number of hydrogen-bond acceptors (Lipinski definition) is 4. The minimum Gasteiger partial charge on any atom is -0.370 e. The Labute approximate surface area is 151 Å². The monoisotopic (exact) mass is 367 g/mol. The van der Waals surface area contributed by atoms with Crippen LogP contribution in [0.2, 0.25) is 0 Å². The molecule has 1 aliphatic rings. The summed E-state index contributed by atoms with van der Waals surface area (Å²) in [5, 5.41) is 2.91. The standard InChI is InChI=1S/C18H29N3O3S/c1-5-21(6-2)25(23,24)15-9-10-17(20-11-7-8-12-20)16(13-15)19-18(22)14(3)4/h9-10,13-14H,5-8,11-12H2,1-4H3,(H,19,22). The minimum absolute atomic E-state index is 0.113. The molecule has 1 saturated heterocycles. The van der Waals surface area contributed by atoms with E-state index in [9.17, 15) is 13.2 Å². The number of nitrogens with zero attached hydrogens (tertiary/aromatic N) is 2. The summed E-state index contributed by atoms with van der Waals surface area (Å²) in [7, 11) is -3.56. The third kappa shape index (κ3) is 4.33. The Kier molecular flexibility index (Phi) is 6.46. The second-order valence-electron chi connectivity index (χ2n) is 6.61. The number of benzene rings is 1.